The third-order valence-electron chi connectivity index (χ3n) is 3.40. The van der Waals surface area contributed by atoms with Gasteiger partial charge in [0.2, 0.25) is 5.91 Å². The molecule has 4 atom stereocenters. The van der Waals surface area contributed by atoms with Gasteiger partial charge in [-0.3, -0.25) is 4.79 Å². The van der Waals surface area contributed by atoms with Gasteiger partial charge in [0.1, 0.15) is 0 Å². The van der Waals surface area contributed by atoms with Gasteiger partial charge < -0.3 is 10.1 Å². The predicted molar refractivity (Wildman–Crippen MR) is 73.8 cm³/mol. The van der Waals surface area contributed by atoms with Crippen molar-refractivity contribution in [1.82, 2.24) is 5.32 Å². The van der Waals surface area contributed by atoms with Gasteiger partial charge in [-0.25, -0.2) is 0 Å². The number of alkyl halides is 1. The molecule has 0 bridgehead atoms. The number of ether oxygens (including phenoxy) is 1. The highest BCUT2D eigenvalue weighted by Crippen LogP contribution is 2.32. The molecule has 0 aromatic rings. The third-order valence-corrected chi connectivity index (χ3v) is 4.17. The van der Waals surface area contributed by atoms with Crippen LogP contribution in [0, 0.1) is 11.8 Å². The second kappa shape index (κ2) is 6.79. The summed E-state index contributed by atoms with van der Waals surface area (Å²) in [6, 6.07) is 0. The lowest BCUT2D eigenvalue weighted by atomic mass is 9.89. The lowest BCUT2D eigenvalue weighted by Crippen LogP contribution is -2.37. The number of amides is 1. The Hall–Kier alpha value is 0.160. The van der Waals surface area contributed by atoms with Crippen molar-refractivity contribution in [2.45, 2.75) is 45.8 Å². The zero-order valence-electron chi connectivity index (χ0n) is 10.3. The van der Waals surface area contributed by atoms with E-state index < -0.39 is 0 Å². The fraction of sp³-hybridized carbons (Fsp3) is 0.917. The van der Waals surface area contributed by atoms with E-state index in [-0.39, 0.29) is 24.0 Å². The largest absolute Gasteiger partial charge is 0.374 e. The molecule has 1 aliphatic heterocycles. The maximum absolute atomic E-state index is 12.0. The maximum atomic E-state index is 12.0. The minimum absolute atomic E-state index is 0.0228. The fourth-order valence-corrected chi connectivity index (χ4v) is 2.81. The van der Waals surface area contributed by atoms with E-state index in [4.69, 9.17) is 4.74 Å². The van der Waals surface area contributed by atoms with E-state index in [1.807, 2.05) is 13.8 Å². The van der Waals surface area contributed by atoms with E-state index in [0.29, 0.717) is 5.92 Å². The van der Waals surface area contributed by atoms with Crippen LogP contribution >= 0.6 is 22.6 Å². The molecule has 1 N–H and O–H groups in total. The number of halogens is 1. The quantitative estimate of drug-likeness (QED) is 0.475. The number of nitrogens with one attached hydrogen (secondary N) is 1. The number of rotatable bonds is 5. The summed E-state index contributed by atoms with van der Waals surface area (Å²) in [5.41, 5.74) is 0. The predicted octanol–water partition coefficient (Wildman–Crippen LogP) is 2.38. The molecular weight excluding hydrogens is 317 g/mol. The van der Waals surface area contributed by atoms with Gasteiger partial charge in [-0.05, 0) is 37.0 Å². The zero-order valence-corrected chi connectivity index (χ0v) is 12.5. The molecule has 4 unspecified atom stereocenters. The van der Waals surface area contributed by atoms with Crippen molar-refractivity contribution in [1.29, 1.82) is 0 Å². The van der Waals surface area contributed by atoms with Gasteiger partial charge in [-0.15, -0.1) is 0 Å². The standard InChI is InChI=1S/C12H22INO2/c1-8-9(2)16-10(3)11(8)12(15)14-7-5-4-6-13/h8-11H,4-7H2,1-3H3,(H,14,15). The average molecular weight is 339 g/mol. The van der Waals surface area contributed by atoms with E-state index >= 15 is 0 Å². The van der Waals surface area contributed by atoms with Crippen molar-refractivity contribution in [3.05, 3.63) is 0 Å². The molecule has 0 spiro atoms. The third kappa shape index (κ3) is 3.58. The van der Waals surface area contributed by atoms with Gasteiger partial charge >= 0.3 is 0 Å². The van der Waals surface area contributed by atoms with Crippen LogP contribution in [0.2, 0.25) is 0 Å². The van der Waals surface area contributed by atoms with Crippen molar-refractivity contribution in [2.75, 3.05) is 11.0 Å². The van der Waals surface area contributed by atoms with Crippen LogP contribution in [0.1, 0.15) is 33.6 Å². The molecule has 1 heterocycles. The molecule has 0 saturated carbocycles. The Morgan fingerprint density at radius 1 is 1.25 bits per heavy atom. The highest BCUT2D eigenvalue weighted by Gasteiger charge is 2.41. The first-order valence-corrected chi connectivity index (χ1v) is 7.59. The Morgan fingerprint density at radius 2 is 1.94 bits per heavy atom. The summed E-state index contributed by atoms with van der Waals surface area (Å²) < 4.78 is 6.83. The molecule has 3 nitrogen and oxygen atoms in total. The van der Waals surface area contributed by atoms with Crippen LogP contribution in [-0.2, 0) is 9.53 Å². The van der Waals surface area contributed by atoms with Gasteiger partial charge in [-0.2, -0.15) is 0 Å². The van der Waals surface area contributed by atoms with Crippen LogP contribution in [-0.4, -0.2) is 29.1 Å². The number of carbonyl (C=O) groups excluding carboxylic acids is 1. The van der Waals surface area contributed by atoms with Gasteiger partial charge in [0, 0.05) is 6.54 Å². The minimum Gasteiger partial charge on any atom is -0.374 e. The summed E-state index contributed by atoms with van der Waals surface area (Å²) in [7, 11) is 0. The summed E-state index contributed by atoms with van der Waals surface area (Å²) in [4.78, 5) is 12.0. The Labute approximate surface area is 112 Å². The van der Waals surface area contributed by atoms with Gasteiger partial charge in [0.05, 0.1) is 18.1 Å². The highest BCUT2D eigenvalue weighted by atomic mass is 127. The van der Waals surface area contributed by atoms with Crippen LogP contribution in [0.3, 0.4) is 0 Å². The number of hydrogen-bond donors (Lipinski definition) is 1. The average Bonchev–Trinajstić information content (AvgIpc) is 2.48. The topological polar surface area (TPSA) is 38.3 Å². The molecule has 94 valence electrons. The second-order valence-electron chi connectivity index (χ2n) is 4.62. The van der Waals surface area contributed by atoms with E-state index in [1.165, 1.54) is 6.42 Å². The summed E-state index contributed by atoms with van der Waals surface area (Å²) in [5.74, 6) is 0.506. The minimum atomic E-state index is 0.0228. The monoisotopic (exact) mass is 339 g/mol. The van der Waals surface area contributed by atoms with Gasteiger partial charge in [-0.1, -0.05) is 29.5 Å². The van der Waals surface area contributed by atoms with E-state index in [2.05, 4.69) is 34.8 Å². The van der Waals surface area contributed by atoms with Crippen molar-refractivity contribution in [3.8, 4) is 0 Å². The fourth-order valence-electron chi connectivity index (χ4n) is 2.27. The SMILES string of the molecule is CC1OC(C)C(C(=O)NCCCCI)C1C. The lowest BCUT2D eigenvalue weighted by Gasteiger charge is -2.17. The first-order chi connectivity index (χ1) is 7.57. The molecule has 1 rings (SSSR count). The number of hydrogen-bond acceptors (Lipinski definition) is 2. The van der Waals surface area contributed by atoms with Crippen LogP contribution in [0.5, 0.6) is 0 Å². The molecule has 0 radical (unpaired) electrons. The molecule has 1 saturated heterocycles. The zero-order chi connectivity index (χ0) is 12.1. The Balaban J connectivity index is 2.35. The smallest absolute Gasteiger partial charge is 0.226 e. The summed E-state index contributed by atoms with van der Waals surface area (Å²) >= 11 is 2.36. The van der Waals surface area contributed by atoms with Gasteiger partial charge in [0.25, 0.3) is 0 Å². The first-order valence-electron chi connectivity index (χ1n) is 6.07. The lowest BCUT2D eigenvalue weighted by molar-refractivity contribution is -0.127. The van der Waals surface area contributed by atoms with E-state index in [9.17, 15) is 4.79 Å². The van der Waals surface area contributed by atoms with Crippen LogP contribution in [0.15, 0.2) is 0 Å². The van der Waals surface area contributed by atoms with Crippen molar-refractivity contribution in [3.63, 3.8) is 0 Å². The molecule has 0 aromatic heterocycles. The van der Waals surface area contributed by atoms with E-state index in [0.717, 1.165) is 17.4 Å². The van der Waals surface area contributed by atoms with E-state index in [1.54, 1.807) is 0 Å². The number of unbranched alkanes of at least 4 members (excludes halogenated alkanes) is 1. The molecule has 0 aromatic carbocycles. The molecule has 4 heteroatoms. The van der Waals surface area contributed by atoms with Crippen molar-refractivity contribution in [2.24, 2.45) is 11.8 Å². The Bertz CT molecular complexity index is 235. The van der Waals surface area contributed by atoms with Crippen LogP contribution < -0.4 is 5.32 Å². The Kier molecular flexibility index (Phi) is 6.03. The molecule has 1 aliphatic rings. The first kappa shape index (κ1) is 14.2. The molecular formula is C12H22INO2. The maximum Gasteiger partial charge on any atom is 0.226 e. The molecule has 16 heavy (non-hydrogen) atoms. The summed E-state index contributed by atoms with van der Waals surface area (Å²) in [6.07, 6.45) is 2.49. The van der Waals surface area contributed by atoms with Crippen LogP contribution in [0.25, 0.3) is 0 Å². The second-order valence-corrected chi connectivity index (χ2v) is 5.70. The molecule has 1 fully saturated rings. The van der Waals surface area contributed by atoms with Crippen LogP contribution in [0.4, 0.5) is 0 Å². The van der Waals surface area contributed by atoms with Crippen molar-refractivity contribution < 1.29 is 9.53 Å². The summed E-state index contributed by atoms with van der Waals surface area (Å²) in [5, 5.41) is 3.02. The highest BCUT2D eigenvalue weighted by molar-refractivity contribution is 14.1. The number of carbonyl (C=O) groups is 1. The van der Waals surface area contributed by atoms with Gasteiger partial charge in [0.15, 0.2) is 0 Å². The Morgan fingerprint density at radius 3 is 2.44 bits per heavy atom. The normalized spacial score (nSPS) is 34.0. The molecule has 1 amide bonds. The summed E-state index contributed by atoms with van der Waals surface area (Å²) in [6.45, 7) is 6.94. The van der Waals surface area contributed by atoms with Crippen molar-refractivity contribution >= 4 is 28.5 Å². The molecule has 0 aliphatic carbocycles.